The van der Waals surface area contributed by atoms with Crippen LogP contribution in [-0.2, 0) is 12.8 Å². The first-order valence-corrected chi connectivity index (χ1v) is 10.4. The first kappa shape index (κ1) is 19.1. The summed E-state index contributed by atoms with van der Waals surface area (Å²) in [6.07, 6.45) is 1.52. The molecule has 4 rings (SSSR count). The second-order valence-electron chi connectivity index (χ2n) is 6.96. The third-order valence-electron chi connectivity index (χ3n) is 4.75. The smallest absolute Gasteiger partial charge is 0.267 e. The Balaban J connectivity index is 1.51. The second-order valence-corrected chi connectivity index (χ2v) is 8.04. The number of hydrogen-bond acceptors (Lipinski definition) is 3. The highest BCUT2D eigenvalue weighted by atomic mass is 32.1. The van der Waals surface area contributed by atoms with E-state index in [0.717, 1.165) is 34.8 Å². The van der Waals surface area contributed by atoms with Gasteiger partial charge in [-0.05, 0) is 36.1 Å². The van der Waals surface area contributed by atoms with Gasteiger partial charge in [0.05, 0.1) is 10.7 Å². The molecular formula is C25H22N2OS. The number of anilines is 1. The molecule has 0 aliphatic heterocycles. The number of rotatable bonds is 6. The summed E-state index contributed by atoms with van der Waals surface area (Å²) in [7, 11) is 0. The van der Waals surface area contributed by atoms with Crippen LogP contribution in [0.2, 0.25) is 0 Å². The molecule has 0 spiro atoms. The van der Waals surface area contributed by atoms with Gasteiger partial charge in [-0.25, -0.2) is 4.98 Å². The van der Waals surface area contributed by atoms with Gasteiger partial charge in [0.15, 0.2) is 0 Å². The molecule has 4 heteroatoms. The molecule has 144 valence electrons. The minimum Gasteiger partial charge on any atom is -0.321 e. The predicted molar refractivity (Wildman–Crippen MR) is 120 cm³/mol. The van der Waals surface area contributed by atoms with E-state index in [9.17, 15) is 4.79 Å². The van der Waals surface area contributed by atoms with Gasteiger partial charge in [-0.15, -0.1) is 11.3 Å². The third kappa shape index (κ3) is 4.79. The molecular weight excluding hydrogens is 376 g/mol. The van der Waals surface area contributed by atoms with Crippen molar-refractivity contribution >= 4 is 22.9 Å². The lowest BCUT2D eigenvalue weighted by atomic mass is 10.0. The Bertz CT molecular complexity index is 1100. The quantitative estimate of drug-likeness (QED) is 0.440. The fourth-order valence-corrected chi connectivity index (χ4v) is 4.29. The SMILES string of the molecule is Cc1nc(Cc2ccccc2)sc1C(=O)Nc1ccccc1Cc1ccccc1. The van der Waals surface area contributed by atoms with E-state index in [-0.39, 0.29) is 5.91 Å². The highest BCUT2D eigenvalue weighted by Crippen LogP contribution is 2.24. The highest BCUT2D eigenvalue weighted by Gasteiger charge is 2.17. The van der Waals surface area contributed by atoms with Crippen molar-refractivity contribution in [2.24, 2.45) is 0 Å². The molecule has 1 N–H and O–H groups in total. The third-order valence-corrected chi connectivity index (χ3v) is 5.90. The summed E-state index contributed by atoms with van der Waals surface area (Å²) in [6, 6.07) is 28.4. The lowest BCUT2D eigenvalue weighted by Gasteiger charge is -2.11. The predicted octanol–water partition coefficient (Wildman–Crippen LogP) is 5.89. The Hall–Kier alpha value is -3.24. The maximum Gasteiger partial charge on any atom is 0.267 e. The number of amides is 1. The normalized spacial score (nSPS) is 10.7. The lowest BCUT2D eigenvalue weighted by molar-refractivity contribution is 0.102. The number of para-hydroxylation sites is 1. The van der Waals surface area contributed by atoms with Crippen molar-refractivity contribution in [1.82, 2.24) is 4.98 Å². The molecule has 0 aliphatic rings. The van der Waals surface area contributed by atoms with Crippen molar-refractivity contribution in [2.75, 3.05) is 5.32 Å². The number of nitrogens with one attached hydrogen (secondary N) is 1. The highest BCUT2D eigenvalue weighted by molar-refractivity contribution is 7.14. The Morgan fingerprint density at radius 1 is 0.828 bits per heavy atom. The zero-order valence-electron chi connectivity index (χ0n) is 16.3. The Kier molecular flexibility index (Phi) is 5.82. The topological polar surface area (TPSA) is 42.0 Å². The summed E-state index contributed by atoms with van der Waals surface area (Å²) in [5, 5.41) is 4.05. The maximum atomic E-state index is 13.0. The largest absolute Gasteiger partial charge is 0.321 e. The van der Waals surface area contributed by atoms with E-state index >= 15 is 0 Å². The van der Waals surface area contributed by atoms with Crippen LogP contribution in [-0.4, -0.2) is 10.9 Å². The summed E-state index contributed by atoms with van der Waals surface area (Å²) in [5.74, 6) is -0.0974. The molecule has 0 atom stereocenters. The van der Waals surface area contributed by atoms with Crippen LogP contribution in [0, 0.1) is 6.92 Å². The van der Waals surface area contributed by atoms with Crippen molar-refractivity contribution in [3.8, 4) is 0 Å². The lowest BCUT2D eigenvalue weighted by Crippen LogP contribution is -2.13. The number of carbonyl (C=O) groups excluding carboxylic acids is 1. The summed E-state index contributed by atoms with van der Waals surface area (Å²) in [4.78, 5) is 18.3. The fraction of sp³-hybridized carbons (Fsp3) is 0.120. The van der Waals surface area contributed by atoms with Gasteiger partial charge in [-0.2, -0.15) is 0 Å². The van der Waals surface area contributed by atoms with Gasteiger partial charge < -0.3 is 5.32 Å². The average molecular weight is 399 g/mol. The Labute approximate surface area is 175 Å². The standard InChI is InChI=1S/C25H22N2OS/c1-18-24(29-23(26-18)17-20-12-6-3-7-13-20)25(28)27-22-15-9-8-14-21(22)16-19-10-4-2-5-11-19/h2-15H,16-17H2,1H3,(H,27,28). The second kappa shape index (κ2) is 8.84. The summed E-state index contributed by atoms with van der Waals surface area (Å²) in [5.41, 5.74) is 5.13. The van der Waals surface area contributed by atoms with E-state index in [1.807, 2.05) is 61.5 Å². The van der Waals surface area contributed by atoms with Crippen LogP contribution >= 0.6 is 11.3 Å². The van der Waals surface area contributed by atoms with Crippen LogP contribution in [0.1, 0.15) is 37.1 Å². The first-order valence-electron chi connectivity index (χ1n) is 9.62. The number of benzene rings is 3. The van der Waals surface area contributed by atoms with Gasteiger partial charge >= 0.3 is 0 Å². The van der Waals surface area contributed by atoms with Crippen LogP contribution in [0.3, 0.4) is 0 Å². The van der Waals surface area contributed by atoms with E-state index in [0.29, 0.717) is 4.88 Å². The summed E-state index contributed by atoms with van der Waals surface area (Å²) in [6.45, 7) is 1.90. The van der Waals surface area contributed by atoms with Crippen LogP contribution in [0.5, 0.6) is 0 Å². The molecule has 4 aromatic rings. The Morgan fingerprint density at radius 2 is 1.41 bits per heavy atom. The van der Waals surface area contributed by atoms with Crippen LogP contribution in [0.4, 0.5) is 5.69 Å². The molecule has 1 aromatic heterocycles. The molecule has 0 saturated heterocycles. The molecule has 0 unspecified atom stereocenters. The van der Waals surface area contributed by atoms with Crippen LogP contribution < -0.4 is 5.32 Å². The van der Waals surface area contributed by atoms with E-state index < -0.39 is 0 Å². The van der Waals surface area contributed by atoms with Gasteiger partial charge in [0, 0.05) is 12.1 Å². The van der Waals surface area contributed by atoms with Crippen molar-refractivity contribution in [3.63, 3.8) is 0 Å². The average Bonchev–Trinajstić information content (AvgIpc) is 3.11. The molecule has 0 saturated carbocycles. The molecule has 1 heterocycles. The molecule has 29 heavy (non-hydrogen) atoms. The van der Waals surface area contributed by atoms with Gasteiger partial charge in [0.2, 0.25) is 0 Å². The summed E-state index contributed by atoms with van der Waals surface area (Å²) < 4.78 is 0. The molecule has 0 aliphatic carbocycles. The number of aromatic nitrogens is 1. The molecule has 0 fully saturated rings. The molecule has 3 aromatic carbocycles. The first-order chi connectivity index (χ1) is 14.2. The van der Waals surface area contributed by atoms with Crippen molar-refractivity contribution in [1.29, 1.82) is 0 Å². The van der Waals surface area contributed by atoms with Crippen LogP contribution in [0.25, 0.3) is 0 Å². The maximum absolute atomic E-state index is 13.0. The Morgan fingerprint density at radius 3 is 2.10 bits per heavy atom. The fourth-order valence-electron chi connectivity index (χ4n) is 3.30. The molecule has 0 radical (unpaired) electrons. The van der Waals surface area contributed by atoms with Gasteiger partial charge in [0.1, 0.15) is 4.88 Å². The number of nitrogens with zero attached hydrogens (tertiary/aromatic N) is 1. The van der Waals surface area contributed by atoms with Gasteiger partial charge in [0.25, 0.3) is 5.91 Å². The zero-order valence-corrected chi connectivity index (χ0v) is 17.1. The number of hydrogen-bond donors (Lipinski definition) is 1. The van der Waals surface area contributed by atoms with Crippen molar-refractivity contribution < 1.29 is 4.79 Å². The van der Waals surface area contributed by atoms with Crippen molar-refractivity contribution in [2.45, 2.75) is 19.8 Å². The van der Waals surface area contributed by atoms with Crippen LogP contribution in [0.15, 0.2) is 84.9 Å². The minimum atomic E-state index is -0.0974. The number of aryl methyl sites for hydroxylation is 1. The van der Waals surface area contributed by atoms with Gasteiger partial charge in [-0.1, -0.05) is 78.9 Å². The van der Waals surface area contributed by atoms with E-state index in [1.165, 1.54) is 22.5 Å². The monoisotopic (exact) mass is 398 g/mol. The molecule has 3 nitrogen and oxygen atoms in total. The summed E-state index contributed by atoms with van der Waals surface area (Å²) >= 11 is 1.47. The van der Waals surface area contributed by atoms with E-state index in [1.54, 1.807) is 0 Å². The molecule has 1 amide bonds. The minimum absolute atomic E-state index is 0.0974. The number of thiazole rings is 1. The molecule has 0 bridgehead atoms. The van der Waals surface area contributed by atoms with E-state index in [4.69, 9.17) is 0 Å². The van der Waals surface area contributed by atoms with Crippen molar-refractivity contribution in [3.05, 3.63) is 117 Å². The van der Waals surface area contributed by atoms with E-state index in [2.05, 4.69) is 40.6 Å². The zero-order chi connectivity index (χ0) is 20.1. The number of carbonyl (C=O) groups is 1. The van der Waals surface area contributed by atoms with Gasteiger partial charge in [-0.3, -0.25) is 4.79 Å².